The van der Waals surface area contributed by atoms with Crippen LogP contribution in [0.15, 0.2) is 29.2 Å². The summed E-state index contributed by atoms with van der Waals surface area (Å²) in [5.41, 5.74) is 2.94. The van der Waals surface area contributed by atoms with Gasteiger partial charge in [0, 0.05) is 6.26 Å². The molecule has 2 amide bonds. The number of carbonyl (C=O) groups excluding carboxylic acids is 1. The molecule has 0 aliphatic rings. The first-order chi connectivity index (χ1) is 8.34. The van der Waals surface area contributed by atoms with Crippen molar-refractivity contribution < 1.29 is 18.0 Å². The van der Waals surface area contributed by atoms with Gasteiger partial charge in [-0.05, 0) is 24.6 Å². The molecule has 18 heavy (non-hydrogen) atoms. The lowest BCUT2D eigenvalue weighted by atomic mass is 10.1. The molecule has 0 aliphatic heterocycles. The molecule has 6 nitrogen and oxygen atoms in total. The van der Waals surface area contributed by atoms with E-state index in [1.165, 1.54) is 19.2 Å². The molecule has 1 atom stereocenters. The summed E-state index contributed by atoms with van der Waals surface area (Å²) in [4.78, 5) is 15.9. The number of hydrogen-bond donors (Lipinski definition) is 2. The third-order valence-corrected chi connectivity index (χ3v) is 3.48. The number of urea groups is 1. The van der Waals surface area contributed by atoms with E-state index in [2.05, 4.69) is 15.6 Å². The summed E-state index contributed by atoms with van der Waals surface area (Å²) < 4.78 is 22.6. The molecule has 0 radical (unpaired) electrons. The van der Waals surface area contributed by atoms with E-state index in [-0.39, 0.29) is 10.9 Å². The van der Waals surface area contributed by atoms with Crippen molar-refractivity contribution in [1.82, 2.24) is 10.8 Å². The van der Waals surface area contributed by atoms with Gasteiger partial charge in [0.1, 0.15) is 0 Å². The van der Waals surface area contributed by atoms with Crippen LogP contribution in [-0.2, 0) is 14.7 Å². The minimum atomic E-state index is -3.20. The van der Waals surface area contributed by atoms with Crippen LogP contribution in [0.1, 0.15) is 18.5 Å². The topological polar surface area (TPSA) is 84.5 Å². The third kappa shape index (κ3) is 4.01. The summed E-state index contributed by atoms with van der Waals surface area (Å²) in [6.07, 6.45) is 1.15. The molecule has 0 spiro atoms. The van der Waals surface area contributed by atoms with Crippen molar-refractivity contribution in [2.45, 2.75) is 17.9 Å². The average Bonchev–Trinajstić information content (AvgIpc) is 2.28. The minimum absolute atomic E-state index is 0.250. The standard InChI is InChI=1S/C11H16N2O4S/c1-8(12-11(14)13-17-2)9-4-6-10(7-5-9)18(3,15)16/h4-8H,1-3H3,(H2,12,13,14). The van der Waals surface area contributed by atoms with Crippen LogP contribution in [0, 0.1) is 0 Å². The number of nitrogens with one attached hydrogen (secondary N) is 2. The van der Waals surface area contributed by atoms with Crippen molar-refractivity contribution in [3.05, 3.63) is 29.8 Å². The van der Waals surface area contributed by atoms with Gasteiger partial charge >= 0.3 is 6.03 Å². The van der Waals surface area contributed by atoms with Crippen LogP contribution >= 0.6 is 0 Å². The second-order valence-electron chi connectivity index (χ2n) is 3.84. The van der Waals surface area contributed by atoms with Crippen molar-refractivity contribution >= 4 is 15.9 Å². The molecular formula is C11H16N2O4S. The number of amides is 2. The van der Waals surface area contributed by atoms with Crippen LogP contribution in [0.3, 0.4) is 0 Å². The van der Waals surface area contributed by atoms with Crippen LogP contribution in [0.2, 0.25) is 0 Å². The zero-order valence-electron chi connectivity index (χ0n) is 10.4. The van der Waals surface area contributed by atoms with Crippen molar-refractivity contribution in [3.8, 4) is 0 Å². The van der Waals surface area contributed by atoms with Crippen LogP contribution in [-0.4, -0.2) is 27.8 Å². The van der Waals surface area contributed by atoms with E-state index in [9.17, 15) is 13.2 Å². The molecule has 0 saturated heterocycles. The molecular weight excluding hydrogens is 256 g/mol. The van der Waals surface area contributed by atoms with E-state index in [1.807, 2.05) is 0 Å². The fourth-order valence-corrected chi connectivity index (χ4v) is 2.04. The zero-order valence-corrected chi connectivity index (χ0v) is 11.2. The lowest BCUT2D eigenvalue weighted by Gasteiger charge is -2.14. The first kappa shape index (κ1) is 14.5. The van der Waals surface area contributed by atoms with Gasteiger partial charge in [0.15, 0.2) is 9.84 Å². The van der Waals surface area contributed by atoms with Gasteiger partial charge in [-0.25, -0.2) is 18.7 Å². The maximum absolute atomic E-state index is 11.3. The summed E-state index contributed by atoms with van der Waals surface area (Å²) >= 11 is 0. The molecule has 1 rings (SSSR count). The largest absolute Gasteiger partial charge is 0.339 e. The van der Waals surface area contributed by atoms with Crippen LogP contribution in [0.25, 0.3) is 0 Å². The van der Waals surface area contributed by atoms with Gasteiger partial charge in [0.2, 0.25) is 0 Å². The van der Waals surface area contributed by atoms with Crippen molar-refractivity contribution in [2.24, 2.45) is 0 Å². The molecule has 7 heteroatoms. The Morgan fingerprint density at radius 1 is 1.28 bits per heavy atom. The van der Waals surface area contributed by atoms with Crippen LogP contribution < -0.4 is 10.8 Å². The molecule has 0 saturated carbocycles. The maximum Gasteiger partial charge on any atom is 0.339 e. The Bertz CT molecular complexity index is 510. The Hall–Kier alpha value is -1.60. The summed E-state index contributed by atoms with van der Waals surface area (Å²) in [5.74, 6) is 0. The average molecular weight is 272 g/mol. The highest BCUT2D eigenvalue weighted by molar-refractivity contribution is 7.90. The van der Waals surface area contributed by atoms with Gasteiger partial charge in [0.05, 0.1) is 18.0 Å². The highest BCUT2D eigenvalue weighted by atomic mass is 32.2. The van der Waals surface area contributed by atoms with Crippen molar-refractivity contribution in [1.29, 1.82) is 0 Å². The summed E-state index contributed by atoms with van der Waals surface area (Å²) in [7, 11) is -1.86. The molecule has 1 aromatic rings. The lowest BCUT2D eigenvalue weighted by molar-refractivity contribution is 0.106. The number of hydroxylamine groups is 1. The third-order valence-electron chi connectivity index (χ3n) is 2.35. The highest BCUT2D eigenvalue weighted by Gasteiger charge is 2.11. The van der Waals surface area contributed by atoms with E-state index in [1.54, 1.807) is 19.1 Å². The fourth-order valence-electron chi connectivity index (χ4n) is 1.41. The van der Waals surface area contributed by atoms with Gasteiger partial charge in [0.25, 0.3) is 0 Å². The summed E-state index contributed by atoms with van der Waals surface area (Å²) in [6.45, 7) is 1.78. The quantitative estimate of drug-likeness (QED) is 0.801. The predicted molar refractivity (Wildman–Crippen MR) is 66.6 cm³/mol. The van der Waals surface area contributed by atoms with Gasteiger partial charge < -0.3 is 5.32 Å². The minimum Gasteiger partial charge on any atom is -0.330 e. The van der Waals surface area contributed by atoms with Crippen molar-refractivity contribution in [3.63, 3.8) is 0 Å². The van der Waals surface area contributed by atoms with Gasteiger partial charge in [-0.15, -0.1) is 0 Å². The molecule has 0 aliphatic carbocycles. The van der Waals surface area contributed by atoms with Crippen molar-refractivity contribution in [2.75, 3.05) is 13.4 Å². The molecule has 0 aromatic heterocycles. The molecule has 1 aromatic carbocycles. The predicted octanol–water partition coefficient (Wildman–Crippen LogP) is 1.01. The molecule has 100 valence electrons. The lowest BCUT2D eigenvalue weighted by Crippen LogP contribution is -2.36. The van der Waals surface area contributed by atoms with Gasteiger partial charge in [-0.1, -0.05) is 12.1 Å². The van der Waals surface area contributed by atoms with Gasteiger partial charge in [-0.3, -0.25) is 4.84 Å². The second kappa shape index (κ2) is 5.83. The SMILES string of the molecule is CONC(=O)NC(C)c1ccc(S(C)(=O)=O)cc1. The Kier molecular flexibility index (Phi) is 4.69. The molecule has 0 heterocycles. The fraction of sp³-hybridized carbons (Fsp3) is 0.364. The van der Waals surface area contributed by atoms with Crippen LogP contribution in [0.5, 0.6) is 0 Å². The normalized spacial score (nSPS) is 12.8. The Morgan fingerprint density at radius 2 is 1.83 bits per heavy atom. The van der Waals surface area contributed by atoms with E-state index < -0.39 is 15.9 Å². The molecule has 2 N–H and O–H groups in total. The number of sulfone groups is 1. The van der Waals surface area contributed by atoms with E-state index >= 15 is 0 Å². The summed E-state index contributed by atoms with van der Waals surface area (Å²) in [6, 6.07) is 5.63. The van der Waals surface area contributed by atoms with Crippen LogP contribution in [0.4, 0.5) is 4.79 Å². The first-order valence-electron chi connectivity index (χ1n) is 5.24. The summed E-state index contributed by atoms with van der Waals surface area (Å²) in [5, 5.41) is 2.63. The molecule has 0 fully saturated rings. The first-order valence-corrected chi connectivity index (χ1v) is 7.13. The van der Waals surface area contributed by atoms with E-state index in [0.717, 1.165) is 11.8 Å². The second-order valence-corrected chi connectivity index (χ2v) is 5.86. The molecule has 1 unspecified atom stereocenters. The van der Waals surface area contributed by atoms with Gasteiger partial charge in [-0.2, -0.15) is 0 Å². The Balaban J connectivity index is 2.76. The number of rotatable bonds is 4. The Labute approximate surface area is 106 Å². The number of carbonyl (C=O) groups is 1. The zero-order chi connectivity index (χ0) is 13.8. The molecule has 0 bridgehead atoms. The number of hydrogen-bond acceptors (Lipinski definition) is 4. The smallest absolute Gasteiger partial charge is 0.330 e. The number of benzene rings is 1. The maximum atomic E-state index is 11.3. The van der Waals surface area contributed by atoms with E-state index in [4.69, 9.17) is 0 Å². The highest BCUT2D eigenvalue weighted by Crippen LogP contribution is 2.15. The Morgan fingerprint density at radius 3 is 2.28 bits per heavy atom. The monoisotopic (exact) mass is 272 g/mol. The van der Waals surface area contributed by atoms with E-state index in [0.29, 0.717) is 0 Å².